The normalized spacial score (nSPS) is 11.0. The molecule has 222 valence electrons. The second-order valence-electron chi connectivity index (χ2n) is 8.33. The van der Waals surface area contributed by atoms with Crippen LogP contribution in [-0.4, -0.2) is 49.5 Å². The van der Waals surface area contributed by atoms with Crippen molar-refractivity contribution in [2.24, 2.45) is 0 Å². The molecular weight excluding hydrogens is 590 g/mol. The largest absolute Gasteiger partial charge is 0.478 e. The maximum absolute atomic E-state index is 12.1. The van der Waals surface area contributed by atoms with Gasteiger partial charge in [-0.3, -0.25) is 19.3 Å². The number of fused-ring (bicyclic) bond motifs is 2. The van der Waals surface area contributed by atoms with E-state index >= 15 is 0 Å². The van der Waals surface area contributed by atoms with Crippen LogP contribution in [-0.2, 0) is 25.0 Å². The van der Waals surface area contributed by atoms with Crippen LogP contribution >= 0.6 is 0 Å². The highest BCUT2D eigenvalue weighted by molar-refractivity contribution is 7.86. The molecule has 0 unspecified atom stereocenters. The van der Waals surface area contributed by atoms with E-state index < -0.39 is 58.4 Å². The van der Waals surface area contributed by atoms with Crippen LogP contribution in [0.5, 0.6) is 0 Å². The van der Waals surface area contributed by atoms with E-state index in [1.54, 1.807) is 6.92 Å². The van der Waals surface area contributed by atoms with Crippen molar-refractivity contribution in [2.75, 3.05) is 12.3 Å². The summed E-state index contributed by atoms with van der Waals surface area (Å²) in [5, 5.41) is 19.5. The zero-order valence-electron chi connectivity index (χ0n) is 22.5. The second-order valence-corrected chi connectivity index (χ2v) is 11.0. The smallest absolute Gasteiger partial charge is 0.336 e. The number of hydrogen-bond donors (Lipinski definition) is 6. The van der Waals surface area contributed by atoms with Gasteiger partial charge in [0.2, 0.25) is 5.91 Å². The molecule has 1 aliphatic heterocycles. The Morgan fingerprint density at radius 1 is 1.00 bits per heavy atom. The average Bonchev–Trinajstić information content (AvgIpc) is 2.86. The van der Waals surface area contributed by atoms with Crippen molar-refractivity contribution in [2.45, 2.75) is 30.6 Å². The standard InChI is InChI=1S/C20H14N2O9S2.C4H9NO.C3H4/c21-13-7-5-11-15(9-3-1-2-4-10(9)20(23)24)12-6-8-14(22)19(33(28,29)30)17(12)31-16(11)18(13)32(25,26)27;1-3-5-4(2)6;1-3-2/h1-8,21H,22H2,(H,23,24)(H,25,26,27)(H,28,29,30);3H2,1-2H3,(H,5,6);1H,2H3. The molecule has 13 nitrogen and oxygen atoms in total. The summed E-state index contributed by atoms with van der Waals surface area (Å²) in [7, 11) is -10.1. The molecule has 2 aromatic carbocycles. The Bertz CT molecular complexity index is 1960. The Morgan fingerprint density at radius 2 is 1.57 bits per heavy atom. The molecule has 0 fully saturated rings. The van der Waals surface area contributed by atoms with Gasteiger partial charge in [0, 0.05) is 30.0 Å². The van der Waals surface area contributed by atoms with Gasteiger partial charge < -0.3 is 20.6 Å². The molecule has 0 saturated heterocycles. The first-order valence-corrected chi connectivity index (χ1v) is 14.6. The number of nitrogens with two attached hydrogens (primary N) is 1. The van der Waals surface area contributed by atoms with Crippen molar-refractivity contribution < 1.29 is 45.1 Å². The number of carbonyl (C=O) groups excluding carboxylic acids is 1. The number of rotatable bonds is 5. The van der Waals surface area contributed by atoms with E-state index in [-0.39, 0.29) is 33.5 Å². The van der Waals surface area contributed by atoms with Crippen LogP contribution in [0.2, 0.25) is 0 Å². The lowest BCUT2D eigenvalue weighted by molar-refractivity contribution is -0.118. The number of nitrogen functional groups attached to an aromatic ring is 1. The van der Waals surface area contributed by atoms with E-state index in [0.29, 0.717) is 0 Å². The van der Waals surface area contributed by atoms with E-state index in [0.717, 1.165) is 18.7 Å². The molecule has 0 atom stereocenters. The number of benzene rings is 3. The molecule has 42 heavy (non-hydrogen) atoms. The lowest BCUT2D eigenvalue weighted by atomic mass is 9.90. The SMILES string of the molecule is C#CC.CCNC(C)=O.N=c1ccc2c(-c3ccccc3C(=O)O)c3ccc(N)c(S(=O)(=O)O)c3oc-2c1S(=O)(=O)O. The molecule has 2 aromatic rings. The first-order chi connectivity index (χ1) is 19.5. The molecule has 7 N–H and O–H groups in total. The Balaban J connectivity index is 0.000000601. The van der Waals surface area contributed by atoms with Crippen LogP contribution in [0.4, 0.5) is 5.69 Å². The van der Waals surface area contributed by atoms with Gasteiger partial charge in [0.05, 0.1) is 16.6 Å². The number of aromatic carboxylic acids is 1. The third-order valence-electron chi connectivity index (χ3n) is 5.37. The predicted molar refractivity (Wildman–Crippen MR) is 154 cm³/mol. The van der Waals surface area contributed by atoms with E-state index in [1.165, 1.54) is 43.3 Å². The average molecular weight is 618 g/mol. The van der Waals surface area contributed by atoms with Gasteiger partial charge in [-0.2, -0.15) is 16.8 Å². The summed E-state index contributed by atoms with van der Waals surface area (Å²) in [6, 6.07) is 10.4. The third-order valence-corrected chi connectivity index (χ3v) is 7.22. The molecule has 1 heterocycles. The number of carboxylic acids is 1. The van der Waals surface area contributed by atoms with Crippen LogP contribution in [0.1, 0.15) is 31.1 Å². The quantitative estimate of drug-likeness (QED) is 0.0822. The molecule has 4 rings (SSSR count). The predicted octanol–water partition coefficient (Wildman–Crippen LogP) is 3.24. The van der Waals surface area contributed by atoms with Crippen LogP contribution in [0.15, 0.2) is 62.7 Å². The second kappa shape index (κ2) is 13.3. The highest BCUT2D eigenvalue weighted by atomic mass is 32.2. The van der Waals surface area contributed by atoms with Crippen LogP contribution in [0, 0.1) is 17.8 Å². The van der Waals surface area contributed by atoms with Crippen molar-refractivity contribution >= 4 is 48.8 Å². The molecule has 1 amide bonds. The minimum absolute atomic E-state index is 0.0166. The van der Waals surface area contributed by atoms with E-state index in [9.17, 15) is 40.6 Å². The van der Waals surface area contributed by atoms with E-state index in [2.05, 4.69) is 17.7 Å². The molecule has 0 saturated carbocycles. The lowest BCUT2D eigenvalue weighted by Crippen LogP contribution is -2.18. The fourth-order valence-electron chi connectivity index (χ4n) is 3.93. The minimum atomic E-state index is -5.05. The van der Waals surface area contributed by atoms with Crippen molar-refractivity contribution in [3.63, 3.8) is 0 Å². The molecule has 0 bridgehead atoms. The Morgan fingerprint density at radius 3 is 2.05 bits per heavy atom. The van der Waals surface area contributed by atoms with Crippen LogP contribution < -0.4 is 16.4 Å². The lowest BCUT2D eigenvalue weighted by Gasteiger charge is -2.19. The fraction of sp³-hybridized carbons (Fsp3) is 0.148. The molecule has 0 radical (unpaired) electrons. The number of terminal acetylenes is 1. The maximum Gasteiger partial charge on any atom is 0.336 e. The Hall–Kier alpha value is -4.75. The van der Waals surface area contributed by atoms with Crippen molar-refractivity contribution in [3.05, 3.63) is 59.5 Å². The van der Waals surface area contributed by atoms with Gasteiger partial charge in [-0.1, -0.05) is 18.2 Å². The highest BCUT2D eigenvalue weighted by Crippen LogP contribution is 2.45. The number of carboxylic acid groups (broad SMARTS) is 1. The zero-order valence-corrected chi connectivity index (χ0v) is 24.1. The number of hydrogen-bond acceptors (Lipinski definition) is 9. The van der Waals surface area contributed by atoms with E-state index in [4.69, 9.17) is 15.6 Å². The zero-order chi connectivity index (χ0) is 32.0. The van der Waals surface area contributed by atoms with Gasteiger partial charge in [-0.15, -0.1) is 12.3 Å². The van der Waals surface area contributed by atoms with Gasteiger partial charge in [-0.05, 0) is 49.7 Å². The first kappa shape index (κ1) is 33.5. The van der Waals surface area contributed by atoms with Crippen molar-refractivity contribution in [1.82, 2.24) is 5.32 Å². The van der Waals surface area contributed by atoms with Crippen LogP contribution in [0.25, 0.3) is 33.4 Å². The summed E-state index contributed by atoms with van der Waals surface area (Å²) in [6.07, 6.45) is 4.60. The van der Waals surface area contributed by atoms with Gasteiger partial charge >= 0.3 is 5.97 Å². The molecule has 15 heteroatoms. The number of amides is 1. The molecule has 0 spiro atoms. The Kier molecular flexibility index (Phi) is 10.6. The number of carbonyl (C=O) groups is 2. The van der Waals surface area contributed by atoms with Gasteiger partial charge in [0.15, 0.2) is 21.1 Å². The number of anilines is 1. The Labute approximate surface area is 241 Å². The summed E-state index contributed by atoms with van der Waals surface area (Å²) < 4.78 is 73.4. The first-order valence-electron chi connectivity index (χ1n) is 11.8. The summed E-state index contributed by atoms with van der Waals surface area (Å²) in [6.45, 7) is 5.78. The fourth-order valence-corrected chi connectivity index (χ4v) is 5.42. The molecule has 1 aliphatic carbocycles. The summed E-state index contributed by atoms with van der Waals surface area (Å²) in [5.41, 5.74) is 4.56. The molecular formula is C27H27N3O10S2. The monoisotopic (exact) mass is 617 g/mol. The van der Waals surface area contributed by atoms with Crippen molar-refractivity contribution in [1.29, 1.82) is 5.41 Å². The molecule has 2 aliphatic rings. The van der Waals surface area contributed by atoms with Gasteiger partial charge in [-0.25, -0.2) is 4.79 Å². The number of nitrogens with one attached hydrogen (secondary N) is 2. The van der Waals surface area contributed by atoms with E-state index in [1.807, 2.05) is 6.92 Å². The third kappa shape index (κ3) is 7.30. The van der Waals surface area contributed by atoms with Gasteiger partial charge in [0.1, 0.15) is 0 Å². The minimum Gasteiger partial charge on any atom is -0.478 e. The topological polar surface area (TPSA) is 238 Å². The maximum atomic E-state index is 12.1. The summed E-state index contributed by atoms with van der Waals surface area (Å²) in [4.78, 5) is 20.0. The molecule has 0 aromatic heterocycles. The van der Waals surface area contributed by atoms with Gasteiger partial charge in [0.25, 0.3) is 20.2 Å². The summed E-state index contributed by atoms with van der Waals surface area (Å²) in [5.74, 6) is 0.339. The van der Waals surface area contributed by atoms with Crippen molar-refractivity contribution in [3.8, 4) is 34.8 Å². The highest BCUT2D eigenvalue weighted by Gasteiger charge is 2.31. The van der Waals surface area contributed by atoms with Crippen LogP contribution in [0.3, 0.4) is 0 Å². The summed E-state index contributed by atoms with van der Waals surface area (Å²) >= 11 is 0.